The minimum atomic E-state index is 0.0521. The third-order valence-corrected chi connectivity index (χ3v) is 5.12. The summed E-state index contributed by atoms with van der Waals surface area (Å²) in [5.41, 5.74) is 1.00. The molecule has 2 aromatic rings. The van der Waals surface area contributed by atoms with Crippen LogP contribution >= 0.6 is 11.3 Å². The van der Waals surface area contributed by atoms with Gasteiger partial charge < -0.3 is 10.2 Å². The van der Waals surface area contributed by atoms with Gasteiger partial charge in [0.2, 0.25) is 11.8 Å². The first-order valence-electron chi connectivity index (χ1n) is 7.73. The molecule has 1 N–H and O–H groups in total. The van der Waals surface area contributed by atoms with Crippen LogP contribution in [-0.2, 0) is 29.1 Å². The predicted octanol–water partition coefficient (Wildman–Crippen LogP) is 1.27. The van der Waals surface area contributed by atoms with Gasteiger partial charge in [-0.05, 0) is 18.9 Å². The maximum Gasteiger partial charge on any atom is 0.244 e. The number of hydrogen-bond acceptors (Lipinski definition) is 5. The molecular formula is C15H17N5O2S. The van der Waals surface area contributed by atoms with Crippen LogP contribution in [0.25, 0.3) is 0 Å². The first-order chi connectivity index (χ1) is 11.2. The molecule has 2 aromatic heterocycles. The van der Waals surface area contributed by atoms with E-state index in [9.17, 15) is 9.59 Å². The van der Waals surface area contributed by atoms with Crippen molar-refractivity contribution in [3.63, 3.8) is 0 Å². The zero-order chi connectivity index (χ0) is 15.8. The summed E-state index contributed by atoms with van der Waals surface area (Å²) < 4.78 is 1.63. The second kappa shape index (κ2) is 5.77. The van der Waals surface area contributed by atoms with Crippen molar-refractivity contribution in [1.29, 1.82) is 0 Å². The third-order valence-electron chi connectivity index (χ3n) is 4.12. The lowest BCUT2D eigenvalue weighted by atomic mass is 10.2. The van der Waals surface area contributed by atoms with Gasteiger partial charge >= 0.3 is 0 Å². The number of thiazole rings is 1. The minimum absolute atomic E-state index is 0.0521. The van der Waals surface area contributed by atoms with Crippen molar-refractivity contribution in [2.24, 2.45) is 5.92 Å². The fourth-order valence-electron chi connectivity index (χ4n) is 2.65. The molecule has 23 heavy (non-hydrogen) atoms. The van der Waals surface area contributed by atoms with Crippen molar-refractivity contribution in [3.05, 3.63) is 29.0 Å². The quantitative estimate of drug-likeness (QED) is 0.915. The number of nitrogens with one attached hydrogen (secondary N) is 1. The Morgan fingerprint density at radius 3 is 3.00 bits per heavy atom. The molecule has 8 heteroatoms. The second-order valence-corrected chi connectivity index (χ2v) is 7.00. The highest BCUT2D eigenvalue weighted by Gasteiger charge is 2.31. The van der Waals surface area contributed by atoms with Crippen molar-refractivity contribution >= 4 is 28.3 Å². The predicted molar refractivity (Wildman–Crippen MR) is 84.8 cm³/mol. The lowest BCUT2D eigenvalue weighted by molar-refractivity contribution is -0.132. The van der Waals surface area contributed by atoms with Gasteiger partial charge in [0.1, 0.15) is 6.54 Å². The molecule has 2 amide bonds. The van der Waals surface area contributed by atoms with E-state index in [0.717, 1.165) is 29.8 Å². The minimum Gasteiger partial charge on any atom is -0.335 e. The monoisotopic (exact) mass is 331 g/mol. The fraction of sp³-hybridized carbons (Fsp3) is 0.467. The van der Waals surface area contributed by atoms with Gasteiger partial charge in [0.05, 0.1) is 12.2 Å². The van der Waals surface area contributed by atoms with Gasteiger partial charge in [-0.15, -0.1) is 0 Å². The Bertz CT molecular complexity index is 735. The van der Waals surface area contributed by atoms with Crippen molar-refractivity contribution in [2.45, 2.75) is 32.4 Å². The fourth-order valence-corrected chi connectivity index (χ4v) is 3.67. The second-order valence-electron chi connectivity index (χ2n) is 5.92. The standard InChI is InChI=1S/C15H17N5O2S/c21-13(9-20-6-1-5-16-20)19-7-4-11-12(8-19)23-15(17-11)18-14(22)10-2-3-10/h1,5-6,10H,2-4,7-9H2,(H,17,18,22). The molecule has 7 nitrogen and oxygen atoms in total. The van der Waals surface area contributed by atoms with Gasteiger partial charge in [-0.25, -0.2) is 4.98 Å². The van der Waals surface area contributed by atoms with Crippen LogP contribution in [0.4, 0.5) is 5.13 Å². The number of amides is 2. The maximum absolute atomic E-state index is 12.3. The van der Waals surface area contributed by atoms with Crippen LogP contribution < -0.4 is 5.32 Å². The average Bonchev–Trinajstić information content (AvgIpc) is 3.13. The summed E-state index contributed by atoms with van der Waals surface area (Å²) in [6.45, 7) is 1.48. The molecule has 0 saturated heterocycles. The van der Waals surface area contributed by atoms with Gasteiger partial charge in [0, 0.05) is 36.2 Å². The van der Waals surface area contributed by atoms with E-state index in [0.29, 0.717) is 18.2 Å². The highest BCUT2D eigenvalue weighted by Crippen LogP contribution is 2.33. The molecule has 0 aromatic carbocycles. The molecule has 1 aliphatic heterocycles. The summed E-state index contributed by atoms with van der Waals surface area (Å²) in [5.74, 6) is 0.294. The first kappa shape index (κ1) is 14.4. The molecule has 3 heterocycles. The highest BCUT2D eigenvalue weighted by atomic mass is 32.1. The largest absolute Gasteiger partial charge is 0.335 e. The molecule has 1 aliphatic carbocycles. The lowest BCUT2D eigenvalue weighted by Crippen LogP contribution is -2.37. The van der Waals surface area contributed by atoms with E-state index in [4.69, 9.17) is 0 Å². The molecule has 0 unspecified atom stereocenters. The van der Waals surface area contributed by atoms with Crippen molar-refractivity contribution in [2.75, 3.05) is 11.9 Å². The molecule has 2 aliphatic rings. The highest BCUT2D eigenvalue weighted by molar-refractivity contribution is 7.15. The number of aromatic nitrogens is 3. The Balaban J connectivity index is 1.41. The zero-order valence-electron chi connectivity index (χ0n) is 12.6. The average molecular weight is 331 g/mol. The molecule has 120 valence electrons. The van der Waals surface area contributed by atoms with Crippen LogP contribution in [0.15, 0.2) is 18.5 Å². The smallest absolute Gasteiger partial charge is 0.244 e. The molecule has 1 fully saturated rings. The normalized spacial score (nSPS) is 17.0. The number of carbonyl (C=O) groups excluding carboxylic acids is 2. The Morgan fingerprint density at radius 2 is 2.26 bits per heavy atom. The van der Waals surface area contributed by atoms with Crippen LogP contribution in [-0.4, -0.2) is 38.0 Å². The van der Waals surface area contributed by atoms with Crippen LogP contribution in [0.1, 0.15) is 23.4 Å². The van der Waals surface area contributed by atoms with Gasteiger partial charge in [-0.1, -0.05) is 11.3 Å². The summed E-state index contributed by atoms with van der Waals surface area (Å²) >= 11 is 1.48. The molecule has 0 bridgehead atoms. The van der Waals surface area contributed by atoms with Gasteiger partial charge in [-0.2, -0.15) is 5.10 Å². The van der Waals surface area contributed by atoms with Crippen molar-refractivity contribution < 1.29 is 9.59 Å². The number of rotatable bonds is 4. The van der Waals surface area contributed by atoms with Crippen LogP contribution in [0, 0.1) is 5.92 Å². The topological polar surface area (TPSA) is 80.1 Å². The van der Waals surface area contributed by atoms with Crippen LogP contribution in [0.5, 0.6) is 0 Å². The summed E-state index contributed by atoms with van der Waals surface area (Å²) in [7, 11) is 0. The van der Waals surface area contributed by atoms with E-state index in [-0.39, 0.29) is 24.3 Å². The summed E-state index contributed by atoms with van der Waals surface area (Å²) in [4.78, 5) is 31.6. The van der Waals surface area contributed by atoms with Crippen LogP contribution in [0.3, 0.4) is 0 Å². The molecule has 4 rings (SSSR count). The van der Waals surface area contributed by atoms with Gasteiger partial charge in [-0.3, -0.25) is 14.3 Å². The number of fused-ring (bicyclic) bond motifs is 1. The van der Waals surface area contributed by atoms with E-state index in [1.54, 1.807) is 23.1 Å². The van der Waals surface area contributed by atoms with Crippen molar-refractivity contribution in [1.82, 2.24) is 19.7 Å². The molecule has 0 spiro atoms. The molecular weight excluding hydrogens is 314 g/mol. The number of hydrogen-bond donors (Lipinski definition) is 1. The number of anilines is 1. The Labute approximate surface area is 137 Å². The Kier molecular flexibility index (Phi) is 3.60. The van der Waals surface area contributed by atoms with Gasteiger partial charge in [0.15, 0.2) is 5.13 Å². The van der Waals surface area contributed by atoms with E-state index in [2.05, 4.69) is 15.4 Å². The Morgan fingerprint density at radius 1 is 1.39 bits per heavy atom. The summed E-state index contributed by atoms with van der Waals surface area (Å²) in [6, 6.07) is 1.81. The number of nitrogens with zero attached hydrogens (tertiary/aromatic N) is 4. The first-order valence-corrected chi connectivity index (χ1v) is 8.55. The van der Waals surface area contributed by atoms with E-state index in [1.807, 2.05) is 4.90 Å². The lowest BCUT2D eigenvalue weighted by Gasteiger charge is -2.26. The molecule has 0 radical (unpaired) electrons. The van der Waals surface area contributed by atoms with E-state index >= 15 is 0 Å². The van der Waals surface area contributed by atoms with E-state index in [1.165, 1.54) is 11.3 Å². The summed E-state index contributed by atoms with van der Waals surface area (Å²) in [5, 5.41) is 7.62. The molecule has 1 saturated carbocycles. The van der Waals surface area contributed by atoms with E-state index < -0.39 is 0 Å². The van der Waals surface area contributed by atoms with Crippen LogP contribution in [0.2, 0.25) is 0 Å². The Hall–Kier alpha value is -2.22. The zero-order valence-corrected chi connectivity index (χ0v) is 13.4. The maximum atomic E-state index is 12.3. The van der Waals surface area contributed by atoms with Gasteiger partial charge in [0.25, 0.3) is 0 Å². The molecule has 0 atom stereocenters. The number of carbonyl (C=O) groups is 2. The SMILES string of the molecule is O=C(Nc1nc2c(s1)CN(C(=O)Cn1cccn1)CC2)C1CC1. The third kappa shape index (κ3) is 3.12. The summed E-state index contributed by atoms with van der Waals surface area (Å²) in [6.07, 6.45) is 6.14. The van der Waals surface area contributed by atoms with Crippen molar-refractivity contribution in [3.8, 4) is 0 Å².